The van der Waals surface area contributed by atoms with Crippen molar-refractivity contribution in [1.82, 2.24) is 15.0 Å². The van der Waals surface area contributed by atoms with Gasteiger partial charge in [0.15, 0.2) is 0 Å². The molecule has 0 amide bonds. The quantitative estimate of drug-likeness (QED) is 0.725. The summed E-state index contributed by atoms with van der Waals surface area (Å²) in [5, 5.41) is 0.815. The topological polar surface area (TPSA) is 88.1 Å². The fourth-order valence-corrected chi connectivity index (χ4v) is 1.16. The van der Waals surface area contributed by atoms with Crippen LogP contribution in [0.4, 0.5) is 5.95 Å². The van der Waals surface area contributed by atoms with Gasteiger partial charge in [-0.25, -0.2) is 4.98 Å². The number of hydrogen-bond acceptors (Lipinski definition) is 5. The lowest BCUT2D eigenvalue weighted by molar-refractivity contribution is 0.622. The number of nitrogens with one attached hydrogen (secondary N) is 1. The van der Waals surface area contributed by atoms with Crippen LogP contribution in [0.3, 0.4) is 0 Å². The molecule has 2 heterocycles. The Hall–Kier alpha value is -1.76. The van der Waals surface area contributed by atoms with Crippen molar-refractivity contribution in [3.8, 4) is 0 Å². The Kier molecular flexibility index (Phi) is 1.78. The van der Waals surface area contributed by atoms with E-state index >= 15 is 0 Å². The number of nitrogens with zero attached hydrogens (tertiary/aromatic N) is 3. The van der Waals surface area contributed by atoms with E-state index in [0.717, 1.165) is 5.39 Å². The molecule has 0 atom stereocenters. The van der Waals surface area contributed by atoms with Crippen molar-refractivity contribution in [3.05, 3.63) is 18.5 Å². The van der Waals surface area contributed by atoms with E-state index < -0.39 is 10.5 Å². The van der Waals surface area contributed by atoms with Crippen LogP contribution in [0.5, 0.6) is 0 Å². The average molecular weight is 196 g/mol. The number of fused-ring (bicyclic) bond motifs is 1. The zero-order valence-electron chi connectivity index (χ0n) is 6.30. The summed E-state index contributed by atoms with van der Waals surface area (Å²) in [5.74, 6) is -0.0664. The molecule has 0 saturated heterocycles. The molecule has 13 heavy (non-hydrogen) atoms. The van der Waals surface area contributed by atoms with Crippen LogP contribution >= 0.6 is 0 Å². The second-order valence-corrected chi connectivity index (χ2v) is 2.88. The summed E-state index contributed by atoms with van der Waals surface area (Å²) in [4.78, 5) is 10.4. The first-order chi connectivity index (χ1) is 6.25. The maximum Gasteiger partial charge on any atom is 0.319 e. The number of hydrogen-bond donors (Lipinski definition) is 1. The molecule has 2 aromatic rings. The number of aromatic amines is 1. The average Bonchev–Trinajstić information content (AvgIpc) is 2.49. The fourth-order valence-electron chi connectivity index (χ4n) is 0.940. The van der Waals surface area contributed by atoms with Gasteiger partial charge in [-0.05, 0) is 6.07 Å². The molecule has 0 aromatic carbocycles. The second-order valence-electron chi connectivity index (χ2n) is 2.26. The Balaban J connectivity index is 2.67. The van der Waals surface area contributed by atoms with Gasteiger partial charge in [-0.3, -0.25) is 0 Å². The molecule has 0 aliphatic heterocycles. The molecule has 0 spiro atoms. The fraction of sp³-hybridized carbons (Fsp3) is 0. The third-order valence-corrected chi connectivity index (χ3v) is 1.76. The predicted molar refractivity (Wildman–Crippen MR) is 44.9 cm³/mol. The molecule has 0 unspecified atom stereocenters. The summed E-state index contributed by atoms with van der Waals surface area (Å²) < 4.78 is 23.5. The van der Waals surface area contributed by atoms with Gasteiger partial charge in [-0.15, -0.1) is 0 Å². The van der Waals surface area contributed by atoms with Crippen molar-refractivity contribution in [2.75, 3.05) is 0 Å². The van der Waals surface area contributed by atoms with Crippen molar-refractivity contribution >= 4 is 27.5 Å². The maximum atomic E-state index is 10.2. The van der Waals surface area contributed by atoms with Crippen molar-refractivity contribution in [2.24, 2.45) is 4.36 Å². The minimum Gasteiger partial charge on any atom is -0.346 e. The van der Waals surface area contributed by atoms with Crippen molar-refractivity contribution in [2.45, 2.75) is 0 Å². The van der Waals surface area contributed by atoms with Crippen LogP contribution in [0, 0.1) is 0 Å². The summed E-state index contributed by atoms with van der Waals surface area (Å²) in [6.45, 7) is 0. The molecule has 0 fully saturated rings. The lowest BCUT2D eigenvalue weighted by Crippen LogP contribution is -1.80. The van der Waals surface area contributed by atoms with Gasteiger partial charge in [0.25, 0.3) is 5.95 Å². The first kappa shape index (κ1) is 7.87. The standard InChI is InChI=1S/C6H4N4O2S/c11-13(12)10-6-8-3-4-1-2-7-5(4)9-6/h1-3H,(H,7,8,9). The van der Waals surface area contributed by atoms with Crippen molar-refractivity contribution in [1.29, 1.82) is 0 Å². The van der Waals surface area contributed by atoms with E-state index in [1.54, 1.807) is 12.3 Å². The van der Waals surface area contributed by atoms with Crippen LogP contribution in [0.2, 0.25) is 0 Å². The summed E-state index contributed by atoms with van der Waals surface area (Å²) >= 11 is 0. The molecule has 0 saturated carbocycles. The van der Waals surface area contributed by atoms with Gasteiger partial charge < -0.3 is 4.98 Å². The Morgan fingerprint density at radius 2 is 2.31 bits per heavy atom. The van der Waals surface area contributed by atoms with Crippen LogP contribution in [0.15, 0.2) is 22.8 Å². The molecule has 6 nitrogen and oxygen atoms in total. The Morgan fingerprint density at radius 3 is 3.08 bits per heavy atom. The smallest absolute Gasteiger partial charge is 0.319 e. The van der Waals surface area contributed by atoms with Crippen LogP contribution in [-0.2, 0) is 10.5 Å². The minimum atomic E-state index is -2.51. The Morgan fingerprint density at radius 1 is 1.46 bits per heavy atom. The molecule has 0 radical (unpaired) electrons. The lowest BCUT2D eigenvalue weighted by Gasteiger charge is -1.88. The van der Waals surface area contributed by atoms with Gasteiger partial charge in [-0.2, -0.15) is 13.4 Å². The molecule has 0 aliphatic rings. The Bertz CT molecular complexity index is 563. The first-order valence-corrected chi connectivity index (χ1v) is 4.40. The highest BCUT2D eigenvalue weighted by Gasteiger charge is 1.98. The largest absolute Gasteiger partial charge is 0.346 e. The molecule has 2 rings (SSSR count). The van der Waals surface area contributed by atoms with Gasteiger partial charge in [0, 0.05) is 17.8 Å². The summed E-state index contributed by atoms with van der Waals surface area (Å²) in [7, 11) is -2.51. The highest BCUT2D eigenvalue weighted by Crippen LogP contribution is 2.11. The first-order valence-electron chi connectivity index (χ1n) is 3.37. The Labute approximate surface area is 74.4 Å². The van der Waals surface area contributed by atoms with Crippen LogP contribution in [-0.4, -0.2) is 23.4 Å². The number of rotatable bonds is 1. The predicted octanol–water partition coefficient (Wildman–Crippen LogP) is 0.652. The molecular formula is C6H4N4O2S. The SMILES string of the molecule is O=S(=O)=Nc1ncc2cc[nH]c2n1. The van der Waals surface area contributed by atoms with E-state index in [9.17, 15) is 8.42 Å². The molecule has 0 bridgehead atoms. The minimum absolute atomic E-state index is 0.0664. The number of aromatic nitrogens is 3. The molecule has 1 N–H and O–H groups in total. The van der Waals surface area contributed by atoms with E-state index in [0.29, 0.717) is 5.65 Å². The zero-order chi connectivity index (χ0) is 9.26. The van der Waals surface area contributed by atoms with E-state index in [1.807, 2.05) is 0 Å². The van der Waals surface area contributed by atoms with E-state index in [-0.39, 0.29) is 5.95 Å². The molecule has 2 aromatic heterocycles. The normalized spacial score (nSPS) is 10.2. The maximum absolute atomic E-state index is 10.2. The molecular weight excluding hydrogens is 192 g/mol. The van der Waals surface area contributed by atoms with Crippen molar-refractivity contribution in [3.63, 3.8) is 0 Å². The van der Waals surface area contributed by atoms with Crippen LogP contribution in [0.1, 0.15) is 0 Å². The van der Waals surface area contributed by atoms with Crippen LogP contribution < -0.4 is 0 Å². The highest BCUT2D eigenvalue weighted by atomic mass is 32.2. The zero-order valence-corrected chi connectivity index (χ0v) is 7.11. The van der Waals surface area contributed by atoms with Crippen LogP contribution in [0.25, 0.3) is 11.0 Å². The molecule has 0 aliphatic carbocycles. The summed E-state index contributed by atoms with van der Waals surface area (Å²) in [6.07, 6.45) is 3.20. The van der Waals surface area contributed by atoms with Gasteiger partial charge in [0.05, 0.1) is 0 Å². The second kappa shape index (κ2) is 2.94. The molecule has 66 valence electrons. The third-order valence-electron chi connectivity index (χ3n) is 1.44. The van der Waals surface area contributed by atoms with Gasteiger partial charge in [0.1, 0.15) is 5.65 Å². The highest BCUT2D eigenvalue weighted by molar-refractivity contribution is 7.61. The van der Waals surface area contributed by atoms with Gasteiger partial charge in [-0.1, -0.05) is 4.36 Å². The van der Waals surface area contributed by atoms with E-state index in [1.165, 1.54) is 6.20 Å². The summed E-state index contributed by atoms with van der Waals surface area (Å²) in [5.41, 5.74) is 0.569. The lowest BCUT2D eigenvalue weighted by atomic mass is 10.4. The monoisotopic (exact) mass is 196 g/mol. The van der Waals surface area contributed by atoms with Gasteiger partial charge in [0.2, 0.25) is 0 Å². The van der Waals surface area contributed by atoms with Crippen molar-refractivity contribution < 1.29 is 8.42 Å². The number of H-pyrrole nitrogens is 1. The molecule has 7 heteroatoms. The third kappa shape index (κ3) is 1.54. The van der Waals surface area contributed by atoms with E-state index in [2.05, 4.69) is 19.3 Å². The van der Waals surface area contributed by atoms with Gasteiger partial charge >= 0.3 is 10.5 Å². The van der Waals surface area contributed by atoms with E-state index in [4.69, 9.17) is 0 Å². The summed E-state index contributed by atoms with van der Waals surface area (Å²) in [6, 6.07) is 1.78.